The number of rotatable bonds is 3. The Kier molecular flexibility index (Phi) is 3.11. The zero-order valence-corrected chi connectivity index (χ0v) is 10.1. The molecule has 1 aliphatic rings. The largest absolute Gasteiger partial charge is 0.383 e. The summed E-state index contributed by atoms with van der Waals surface area (Å²) < 4.78 is 4.14. The third-order valence-corrected chi connectivity index (χ3v) is 3.59. The van der Waals surface area contributed by atoms with Crippen LogP contribution in [0.3, 0.4) is 0 Å². The minimum atomic E-state index is 0.625. The molecule has 1 unspecified atom stereocenters. The van der Waals surface area contributed by atoms with Crippen molar-refractivity contribution in [2.45, 2.75) is 18.9 Å². The third-order valence-electron chi connectivity index (χ3n) is 2.75. The van der Waals surface area contributed by atoms with Gasteiger partial charge in [-0.15, -0.1) is 0 Å². The summed E-state index contributed by atoms with van der Waals surface area (Å²) in [6.45, 7) is 2.25. The number of anilines is 2. The minimum Gasteiger partial charge on any atom is -0.383 e. The summed E-state index contributed by atoms with van der Waals surface area (Å²) in [5.41, 5.74) is 5.66. The van der Waals surface area contributed by atoms with Crippen LogP contribution < -0.4 is 10.6 Å². The lowest BCUT2D eigenvalue weighted by Crippen LogP contribution is -2.37. The van der Waals surface area contributed by atoms with Gasteiger partial charge >= 0.3 is 0 Å². The van der Waals surface area contributed by atoms with Gasteiger partial charge in [0.1, 0.15) is 10.8 Å². The Hall–Kier alpha value is -0.810. The lowest BCUT2D eigenvalue weighted by molar-refractivity contribution is 0.372. The molecule has 84 valence electrons. The van der Waals surface area contributed by atoms with E-state index in [9.17, 15) is 0 Å². The number of nitrogens with zero attached hydrogens (tertiary/aromatic N) is 3. The van der Waals surface area contributed by atoms with Crippen molar-refractivity contribution < 1.29 is 0 Å². The van der Waals surface area contributed by atoms with Crippen molar-refractivity contribution in [3.05, 3.63) is 6.07 Å². The molecule has 2 rings (SSSR count). The van der Waals surface area contributed by atoms with Gasteiger partial charge in [-0.1, -0.05) is 0 Å². The van der Waals surface area contributed by atoms with Crippen LogP contribution in [0.4, 0.5) is 10.8 Å². The number of hydrogen-bond donors (Lipinski definition) is 1. The summed E-state index contributed by atoms with van der Waals surface area (Å²) in [4.78, 5) is 4.68. The molecule has 5 heteroatoms. The van der Waals surface area contributed by atoms with E-state index < -0.39 is 0 Å². The maximum atomic E-state index is 5.66. The molecule has 0 aliphatic carbocycles. The quantitative estimate of drug-likeness (QED) is 0.842. The van der Waals surface area contributed by atoms with Gasteiger partial charge in [-0.3, -0.25) is 0 Å². The minimum absolute atomic E-state index is 0.625. The molecule has 0 radical (unpaired) electrons. The normalized spacial score (nSPS) is 21.5. The topological polar surface area (TPSA) is 45.4 Å². The molecule has 0 spiro atoms. The Balaban J connectivity index is 2.07. The van der Waals surface area contributed by atoms with E-state index in [-0.39, 0.29) is 0 Å². The van der Waals surface area contributed by atoms with Crippen LogP contribution in [0.15, 0.2) is 6.07 Å². The Labute approximate surface area is 94.8 Å². The summed E-state index contributed by atoms with van der Waals surface area (Å²) in [6, 6.07) is 2.61. The lowest BCUT2D eigenvalue weighted by Gasteiger charge is -2.27. The fraction of sp³-hybridized carbons (Fsp3) is 0.700. The summed E-state index contributed by atoms with van der Waals surface area (Å²) in [5.74, 6) is 0.644. The van der Waals surface area contributed by atoms with Crippen LogP contribution in [0, 0.1) is 0 Å². The van der Waals surface area contributed by atoms with Crippen molar-refractivity contribution in [1.29, 1.82) is 0 Å². The fourth-order valence-electron chi connectivity index (χ4n) is 2.15. The van der Waals surface area contributed by atoms with Gasteiger partial charge in [0.25, 0.3) is 0 Å². The molecule has 1 aromatic heterocycles. The smallest absolute Gasteiger partial charge is 0.139 e. The van der Waals surface area contributed by atoms with Crippen molar-refractivity contribution in [2.24, 2.45) is 0 Å². The summed E-state index contributed by atoms with van der Waals surface area (Å²) in [5, 5.41) is 1.22. The molecule has 1 saturated heterocycles. The van der Waals surface area contributed by atoms with E-state index in [1.807, 2.05) is 6.07 Å². The van der Waals surface area contributed by atoms with Crippen molar-refractivity contribution in [2.75, 3.05) is 37.8 Å². The Morgan fingerprint density at radius 2 is 2.47 bits per heavy atom. The fourth-order valence-corrected chi connectivity index (χ4v) is 2.92. The molecule has 0 bridgehead atoms. The summed E-state index contributed by atoms with van der Waals surface area (Å²) >= 11 is 1.51. The highest BCUT2D eigenvalue weighted by Crippen LogP contribution is 2.30. The first-order valence-electron chi connectivity index (χ1n) is 5.30. The third kappa shape index (κ3) is 2.41. The molecular formula is C10H18N4S. The molecule has 0 saturated carbocycles. The molecule has 1 atom stereocenters. The first kappa shape index (κ1) is 10.7. The predicted molar refractivity (Wildman–Crippen MR) is 65.4 cm³/mol. The molecular weight excluding hydrogens is 208 g/mol. The molecule has 1 fully saturated rings. The standard InChI is InChI=1S/C10H18N4S/c1-13(2)7-8-4-3-5-14(8)10-6-9(11)12-15-10/h6,8H,3-5,7H2,1-2H3,(H2,11,12). The van der Waals surface area contributed by atoms with Crippen molar-refractivity contribution >= 4 is 22.4 Å². The molecule has 1 aromatic rings. The van der Waals surface area contributed by atoms with Gasteiger partial charge < -0.3 is 15.5 Å². The maximum absolute atomic E-state index is 5.66. The van der Waals surface area contributed by atoms with E-state index in [1.54, 1.807) is 0 Å². The van der Waals surface area contributed by atoms with Crippen LogP contribution >= 0.6 is 11.5 Å². The predicted octanol–water partition coefficient (Wildman–Crippen LogP) is 1.26. The highest BCUT2D eigenvalue weighted by molar-refractivity contribution is 7.10. The first-order valence-corrected chi connectivity index (χ1v) is 6.07. The number of likely N-dealkylation sites (N-methyl/N-ethyl adjacent to an activating group) is 1. The second-order valence-electron chi connectivity index (χ2n) is 4.34. The van der Waals surface area contributed by atoms with E-state index in [1.165, 1.54) is 29.4 Å². The highest BCUT2D eigenvalue weighted by Gasteiger charge is 2.26. The summed E-state index contributed by atoms with van der Waals surface area (Å²) in [6.07, 6.45) is 2.55. The van der Waals surface area contributed by atoms with E-state index in [2.05, 4.69) is 28.3 Å². The molecule has 4 nitrogen and oxygen atoms in total. The van der Waals surface area contributed by atoms with E-state index in [0.717, 1.165) is 13.1 Å². The van der Waals surface area contributed by atoms with Gasteiger partial charge in [-0.05, 0) is 38.5 Å². The lowest BCUT2D eigenvalue weighted by atomic mass is 10.2. The van der Waals surface area contributed by atoms with Crippen LogP contribution in [-0.2, 0) is 0 Å². The van der Waals surface area contributed by atoms with E-state index in [4.69, 9.17) is 5.73 Å². The van der Waals surface area contributed by atoms with Crippen LogP contribution in [0.1, 0.15) is 12.8 Å². The number of nitrogens with two attached hydrogens (primary N) is 1. The second-order valence-corrected chi connectivity index (χ2v) is 5.13. The maximum Gasteiger partial charge on any atom is 0.139 e. The van der Waals surface area contributed by atoms with E-state index >= 15 is 0 Å². The molecule has 0 aromatic carbocycles. The molecule has 2 N–H and O–H groups in total. The zero-order valence-electron chi connectivity index (χ0n) is 9.31. The van der Waals surface area contributed by atoms with Crippen molar-refractivity contribution in [3.8, 4) is 0 Å². The number of hydrogen-bond acceptors (Lipinski definition) is 5. The van der Waals surface area contributed by atoms with Crippen LogP contribution in [0.2, 0.25) is 0 Å². The average molecular weight is 226 g/mol. The monoisotopic (exact) mass is 226 g/mol. The van der Waals surface area contributed by atoms with Crippen molar-refractivity contribution in [3.63, 3.8) is 0 Å². The number of aromatic nitrogens is 1. The average Bonchev–Trinajstić information content (AvgIpc) is 2.72. The Bertz CT molecular complexity index is 323. The second kappa shape index (κ2) is 4.37. The van der Waals surface area contributed by atoms with Gasteiger partial charge in [-0.25, -0.2) is 0 Å². The SMILES string of the molecule is CN(C)CC1CCCN1c1cc(N)ns1. The molecule has 1 aliphatic heterocycles. The molecule has 0 amide bonds. The van der Waals surface area contributed by atoms with Crippen LogP contribution in [0.25, 0.3) is 0 Å². The van der Waals surface area contributed by atoms with Crippen LogP contribution in [-0.4, -0.2) is 42.5 Å². The highest BCUT2D eigenvalue weighted by atomic mass is 32.1. The molecule has 15 heavy (non-hydrogen) atoms. The van der Waals surface area contributed by atoms with Gasteiger partial charge in [0.15, 0.2) is 0 Å². The first-order chi connectivity index (χ1) is 7.16. The zero-order chi connectivity index (χ0) is 10.8. The van der Waals surface area contributed by atoms with Gasteiger partial charge in [-0.2, -0.15) is 4.37 Å². The Morgan fingerprint density at radius 1 is 1.67 bits per heavy atom. The van der Waals surface area contributed by atoms with Gasteiger partial charge in [0.2, 0.25) is 0 Å². The van der Waals surface area contributed by atoms with Gasteiger partial charge in [0.05, 0.1) is 0 Å². The van der Waals surface area contributed by atoms with Crippen molar-refractivity contribution in [1.82, 2.24) is 9.27 Å². The van der Waals surface area contributed by atoms with E-state index in [0.29, 0.717) is 11.9 Å². The summed E-state index contributed by atoms with van der Waals surface area (Å²) in [7, 11) is 4.25. The van der Waals surface area contributed by atoms with Gasteiger partial charge in [0, 0.05) is 25.2 Å². The molecule has 2 heterocycles. The number of nitrogen functional groups attached to an aromatic ring is 1. The Morgan fingerprint density at radius 3 is 3.07 bits per heavy atom. The van der Waals surface area contributed by atoms with Crippen LogP contribution in [0.5, 0.6) is 0 Å².